The van der Waals surface area contributed by atoms with Gasteiger partial charge in [0.15, 0.2) is 0 Å². The Labute approximate surface area is 105 Å². The van der Waals surface area contributed by atoms with Crippen LogP contribution in [0.3, 0.4) is 0 Å². The summed E-state index contributed by atoms with van der Waals surface area (Å²) >= 11 is 0. The summed E-state index contributed by atoms with van der Waals surface area (Å²) in [6, 6.07) is 0.663. The molecule has 17 heavy (non-hydrogen) atoms. The van der Waals surface area contributed by atoms with Gasteiger partial charge >= 0.3 is 0 Å². The maximum Gasteiger partial charge on any atom is 0.224 e. The molecule has 0 spiro atoms. The molecular formula is C13H28N2O2. The van der Waals surface area contributed by atoms with Crippen LogP contribution in [0, 0.1) is 0 Å². The van der Waals surface area contributed by atoms with Crippen LogP contribution in [0.2, 0.25) is 0 Å². The average molecular weight is 244 g/mol. The van der Waals surface area contributed by atoms with Crippen molar-refractivity contribution in [2.75, 3.05) is 19.7 Å². The van der Waals surface area contributed by atoms with Crippen molar-refractivity contribution >= 4 is 5.91 Å². The van der Waals surface area contributed by atoms with Gasteiger partial charge in [0.1, 0.15) is 0 Å². The van der Waals surface area contributed by atoms with Crippen LogP contribution in [-0.4, -0.2) is 47.7 Å². The van der Waals surface area contributed by atoms with Gasteiger partial charge in [-0.25, -0.2) is 0 Å². The van der Waals surface area contributed by atoms with Crippen molar-refractivity contribution in [3.8, 4) is 0 Å². The van der Waals surface area contributed by atoms with Crippen molar-refractivity contribution in [3.63, 3.8) is 0 Å². The van der Waals surface area contributed by atoms with Crippen molar-refractivity contribution in [2.24, 2.45) is 0 Å². The summed E-state index contributed by atoms with van der Waals surface area (Å²) in [5, 5.41) is 12.3. The summed E-state index contributed by atoms with van der Waals surface area (Å²) in [5.74, 6) is 0.140. The first kappa shape index (κ1) is 16.4. The lowest BCUT2D eigenvalue weighted by Gasteiger charge is -2.30. The molecule has 0 atom stereocenters. The number of nitrogens with zero attached hydrogens (tertiary/aromatic N) is 1. The Kier molecular flexibility index (Phi) is 9.09. The first-order valence-electron chi connectivity index (χ1n) is 6.70. The largest absolute Gasteiger partial charge is 0.395 e. The molecule has 0 fully saturated rings. The third-order valence-electron chi connectivity index (χ3n) is 2.94. The van der Waals surface area contributed by atoms with Gasteiger partial charge < -0.3 is 15.3 Å². The Bertz CT molecular complexity index is 204. The smallest absolute Gasteiger partial charge is 0.224 e. The minimum absolute atomic E-state index is 0.0415. The van der Waals surface area contributed by atoms with Gasteiger partial charge in [0.25, 0.3) is 0 Å². The zero-order chi connectivity index (χ0) is 13.3. The van der Waals surface area contributed by atoms with Crippen molar-refractivity contribution in [3.05, 3.63) is 0 Å². The zero-order valence-corrected chi connectivity index (χ0v) is 11.7. The number of carbonyl (C=O) groups excluding carboxylic acids is 1. The summed E-state index contributed by atoms with van der Waals surface area (Å²) in [6.07, 6.45) is 2.40. The van der Waals surface area contributed by atoms with Crippen LogP contribution in [0.1, 0.15) is 47.0 Å². The molecule has 4 nitrogen and oxygen atoms in total. The fourth-order valence-electron chi connectivity index (χ4n) is 1.96. The molecule has 102 valence electrons. The molecule has 0 saturated heterocycles. The molecule has 0 aliphatic heterocycles. The molecule has 0 heterocycles. The van der Waals surface area contributed by atoms with Gasteiger partial charge in [-0.2, -0.15) is 0 Å². The SMILES string of the molecule is CCC(CC)N(CCO)C(=O)CCNC(C)C. The van der Waals surface area contributed by atoms with Gasteiger partial charge in [0, 0.05) is 31.6 Å². The summed E-state index contributed by atoms with van der Waals surface area (Å²) in [7, 11) is 0. The number of hydrogen-bond donors (Lipinski definition) is 2. The van der Waals surface area contributed by atoms with Crippen LogP contribution in [-0.2, 0) is 4.79 Å². The maximum absolute atomic E-state index is 12.0. The van der Waals surface area contributed by atoms with E-state index in [1.165, 1.54) is 0 Å². The van der Waals surface area contributed by atoms with Crippen molar-refractivity contribution in [1.29, 1.82) is 0 Å². The summed E-state index contributed by atoms with van der Waals surface area (Å²) in [5.41, 5.74) is 0. The molecule has 0 aliphatic rings. The average Bonchev–Trinajstić information content (AvgIpc) is 2.28. The minimum Gasteiger partial charge on any atom is -0.395 e. The first-order chi connectivity index (χ1) is 8.06. The van der Waals surface area contributed by atoms with E-state index in [-0.39, 0.29) is 18.6 Å². The molecule has 2 N–H and O–H groups in total. The number of rotatable bonds is 9. The highest BCUT2D eigenvalue weighted by Crippen LogP contribution is 2.09. The van der Waals surface area contributed by atoms with Gasteiger partial charge in [-0.1, -0.05) is 27.7 Å². The number of aliphatic hydroxyl groups excluding tert-OH is 1. The predicted octanol–water partition coefficient (Wildman–Crippen LogP) is 1.38. The van der Waals surface area contributed by atoms with E-state index in [9.17, 15) is 4.79 Å². The van der Waals surface area contributed by atoms with E-state index in [4.69, 9.17) is 5.11 Å². The van der Waals surface area contributed by atoms with Crippen LogP contribution < -0.4 is 5.32 Å². The third-order valence-corrected chi connectivity index (χ3v) is 2.94. The second kappa shape index (κ2) is 9.42. The molecule has 0 aliphatic carbocycles. The lowest BCUT2D eigenvalue weighted by molar-refractivity contribution is -0.134. The Morgan fingerprint density at radius 2 is 1.88 bits per heavy atom. The summed E-state index contributed by atoms with van der Waals surface area (Å²) < 4.78 is 0. The van der Waals surface area contributed by atoms with Crippen molar-refractivity contribution < 1.29 is 9.90 Å². The second-order valence-electron chi connectivity index (χ2n) is 4.64. The molecule has 4 heteroatoms. The van der Waals surface area contributed by atoms with E-state index in [1.54, 1.807) is 0 Å². The van der Waals surface area contributed by atoms with E-state index in [0.717, 1.165) is 12.8 Å². The molecule has 0 rings (SSSR count). The number of amides is 1. The molecule has 0 bridgehead atoms. The van der Waals surface area contributed by atoms with Gasteiger partial charge in [-0.3, -0.25) is 4.79 Å². The van der Waals surface area contributed by atoms with Crippen molar-refractivity contribution in [1.82, 2.24) is 10.2 Å². The predicted molar refractivity (Wildman–Crippen MR) is 70.9 cm³/mol. The Balaban J connectivity index is 4.23. The highest BCUT2D eigenvalue weighted by molar-refractivity contribution is 5.76. The van der Waals surface area contributed by atoms with E-state index in [2.05, 4.69) is 33.0 Å². The molecule has 0 radical (unpaired) electrons. The quantitative estimate of drug-likeness (QED) is 0.644. The number of nitrogens with one attached hydrogen (secondary N) is 1. The molecule has 0 aromatic rings. The second-order valence-corrected chi connectivity index (χ2v) is 4.64. The number of hydrogen-bond acceptors (Lipinski definition) is 3. The fraction of sp³-hybridized carbons (Fsp3) is 0.923. The number of carbonyl (C=O) groups is 1. The highest BCUT2D eigenvalue weighted by atomic mass is 16.3. The van der Waals surface area contributed by atoms with Crippen LogP contribution in [0.4, 0.5) is 0 Å². The van der Waals surface area contributed by atoms with Crippen LogP contribution >= 0.6 is 0 Å². The molecule has 1 amide bonds. The Morgan fingerprint density at radius 1 is 1.29 bits per heavy atom. The fourth-order valence-corrected chi connectivity index (χ4v) is 1.96. The molecular weight excluding hydrogens is 216 g/mol. The van der Waals surface area contributed by atoms with Gasteiger partial charge in [0.2, 0.25) is 5.91 Å². The van der Waals surface area contributed by atoms with Gasteiger partial charge in [0.05, 0.1) is 6.61 Å². The Morgan fingerprint density at radius 3 is 2.29 bits per heavy atom. The zero-order valence-electron chi connectivity index (χ0n) is 11.7. The maximum atomic E-state index is 12.0. The summed E-state index contributed by atoms with van der Waals surface area (Å²) in [6.45, 7) is 9.50. The first-order valence-corrected chi connectivity index (χ1v) is 6.70. The third kappa shape index (κ3) is 6.64. The monoisotopic (exact) mass is 244 g/mol. The van der Waals surface area contributed by atoms with Crippen LogP contribution in [0.15, 0.2) is 0 Å². The lowest BCUT2D eigenvalue weighted by Crippen LogP contribution is -2.42. The molecule has 0 unspecified atom stereocenters. The van der Waals surface area contributed by atoms with Crippen LogP contribution in [0.5, 0.6) is 0 Å². The Hall–Kier alpha value is -0.610. The van der Waals surface area contributed by atoms with Crippen LogP contribution in [0.25, 0.3) is 0 Å². The lowest BCUT2D eigenvalue weighted by atomic mass is 10.1. The normalized spacial score (nSPS) is 11.2. The van der Waals surface area contributed by atoms with E-state index >= 15 is 0 Å². The van der Waals surface area contributed by atoms with Gasteiger partial charge in [-0.15, -0.1) is 0 Å². The number of aliphatic hydroxyl groups is 1. The van der Waals surface area contributed by atoms with E-state index < -0.39 is 0 Å². The molecule has 0 aromatic heterocycles. The molecule has 0 aromatic carbocycles. The highest BCUT2D eigenvalue weighted by Gasteiger charge is 2.19. The van der Waals surface area contributed by atoms with E-state index in [0.29, 0.717) is 25.6 Å². The standard InChI is InChI=1S/C13H28N2O2/c1-5-12(6-2)15(9-10-16)13(17)7-8-14-11(3)4/h11-12,14,16H,5-10H2,1-4H3. The van der Waals surface area contributed by atoms with Gasteiger partial charge in [-0.05, 0) is 12.8 Å². The summed E-state index contributed by atoms with van der Waals surface area (Å²) in [4.78, 5) is 13.9. The topological polar surface area (TPSA) is 52.6 Å². The van der Waals surface area contributed by atoms with Crippen molar-refractivity contribution in [2.45, 2.75) is 59.0 Å². The molecule has 0 saturated carbocycles. The van der Waals surface area contributed by atoms with E-state index in [1.807, 2.05) is 4.90 Å². The minimum atomic E-state index is 0.0415.